The van der Waals surface area contributed by atoms with Crippen LogP contribution in [0.4, 0.5) is 13.6 Å². The highest BCUT2D eigenvalue weighted by Gasteiger charge is 2.24. The molecule has 1 atom stereocenters. The molecular formula is C14H17ClF2N2O3. The van der Waals surface area contributed by atoms with Crippen molar-refractivity contribution in [3.05, 3.63) is 28.8 Å². The van der Waals surface area contributed by atoms with Gasteiger partial charge in [0.05, 0.1) is 24.3 Å². The zero-order chi connectivity index (χ0) is 15.9. The summed E-state index contributed by atoms with van der Waals surface area (Å²) in [5.74, 6) is 0.584. The van der Waals surface area contributed by atoms with Crippen molar-refractivity contribution >= 4 is 17.6 Å². The molecule has 1 aliphatic rings. The molecule has 0 aliphatic carbocycles. The highest BCUT2D eigenvalue weighted by atomic mass is 35.5. The van der Waals surface area contributed by atoms with Crippen LogP contribution in [0.5, 0.6) is 5.75 Å². The van der Waals surface area contributed by atoms with Gasteiger partial charge in [-0.2, -0.15) is 0 Å². The number of ether oxygens (including phenoxy) is 2. The van der Waals surface area contributed by atoms with Crippen molar-refractivity contribution in [2.24, 2.45) is 0 Å². The van der Waals surface area contributed by atoms with Crippen molar-refractivity contribution in [2.45, 2.75) is 18.9 Å². The van der Waals surface area contributed by atoms with Gasteiger partial charge in [0.1, 0.15) is 12.4 Å². The van der Waals surface area contributed by atoms with E-state index in [0.29, 0.717) is 23.8 Å². The monoisotopic (exact) mass is 334 g/mol. The van der Waals surface area contributed by atoms with Gasteiger partial charge in [-0.1, -0.05) is 23.7 Å². The Morgan fingerprint density at radius 1 is 1.50 bits per heavy atom. The van der Waals surface area contributed by atoms with Crippen molar-refractivity contribution in [2.75, 3.05) is 26.4 Å². The fourth-order valence-electron chi connectivity index (χ4n) is 2.15. The first kappa shape index (κ1) is 16.8. The van der Waals surface area contributed by atoms with Crippen molar-refractivity contribution < 1.29 is 23.0 Å². The standard InChI is InChI=1S/C14H17ClF2N2O3/c15-10-3-1-2-9-11(4-6-22-13(9)10)19-14(20)18-5-7-21-8-12(16)17/h1-3,11-12H,4-8H2,(H2,18,19,20). The van der Waals surface area contributed by atoms with E-state index in [1.807, 2.05) is 6.07 Å². The smallest absolute Gasteiger partial charge is 0.315 e. The Balaban J connectivity index is 1.80. The molecule has 2 N–H and O–H groups in total. The summed E-state index contributed by atoms with van der Waals surface area (Å²) in [5.41, 5.74) is 0.822. The molecule has 1 aromatic rings. The molecule has 2 rings (SSSR count). The van der Waals surface area contributed by atoms with Crippen LogP contribution < -0.4 is 15.4 Å². The second kappa shape index (κ2) is 8.14. The number of nitrogens with one attached hydrogen (secondary N) is 2. The highest BCUT2D eigenvalue weighted by Crippen LogP contribution is 2.37. The van der Waals surface area contributed by atoms with Gasteiger partial charge in [-0.05, 0) is 6.07 Å². The minimum absolute atomic E-state index is 0.0357. The number of hydrogen-bond acceptors (Lipinski definition) is 3. The molecule has 0 fully saturated rings. The molecule has 122 valence electrons. The van der Waals surface area contributed by atoms with Crippen molar-refractivity contribution in [1.82, 2.24) is 10.6 Å². The lowest BCUT2D eigenvalue weighted by molar-refractivity contribution is 0.0193. The number of para-hydroxylation sites is 1. The van der Waals surface area contributed by atoms with E-state index in [9.17, 15) is 13.6 Å². The third-order valence-electron chi connectivity index (χ3n) is 3.11. The number of fused-ring (bicyclic) bond motifs is 1. The normalized spacial score (nSPS) is 16.8. The molecule has 0 aromatic heterocycles. The maximum absolute atomic E-state index is 11.9. The number of benzene rings is 1. The minimum Gasteiger partial charge on any atom is -0.492 e. The van der Waals surface area contributed by atoms with Crippen LogP contribution in [0.15, 0.2) is 18.2 Å². The fraction of sp³-hybridized carbons (Fsp3) is 0.500. The molecule has 2 amide bonds. The van der Waals surface area contributed by atoms with Gasteiger partial charge in [0.15, 0.2) is 0 Å². The summed E-state index contributed by atoms with van der Waals surface area (Å²) in [6.45, 7) is 0.0203. The van der Waals surface area contributed by atoms with Gasteiger partial charge < -0.3 is 20.1 Å². The molecule has 1 aromatic carbocycles. The SMILES string of the molecule is O=C(NCCOCC(F)F)NC1CCOc2c(Cl)cccc21. The molecule has 1 heterocycles. The molecule has 8 heteroatoms. The minimum atomic E-state index is -2.50. The summed E-state index contributed by atoms with van der Waals surface area (Å²) < 4.78 is 33.9. The average molecular weight is 335 g/mol. The maximum Gasteiger partial charge on any atom is 0.315 e. The molecule has 0 bridgehead atoms. The Morgan fingerprint density at radius 3 is 3.09 bits per heavy atom. The van der Waals surface area contributed by atoms with Crippen LogP contribution in [0, 0.1) is 0 Å². The Bertz CT molecular complexity index is 517. The zero-order valence-corrected chi connectivity index (χ0v) is 12.5. The van der Waals surface area contributed by atoms with Crippen LogP contribution in [-0.2, 0) is 4.74 Å². The zero-order valence-electron chi connectivity index (χ0n) is 11.8. The van der Waals surface area contributed by atoms with Crippen molar-refractivity contribution in [3.63, 3.8) is 0 Å². The number of urea groups is 1. The summed E-state index contributed by atoms with van der Waals surface area (Å²) in [4.78, 5) is 11.8. The number of alkyl halides is 2. The van der Waals surface area contributed by atoms with E-state index in [2.05, 4.69) is 15.4 Å². The number of halogens is 3. The second-order valence-electron chi connectivity index (χ2n) is 4.71. The first-order chi connectivity index (χ1) is 10.6. The quantitative estimate of drug-likeness (QED) is 0.786. The number of amides is 2. The molecule has 1 unspecified atom stereocenters. The number of hydrogen-bond donors (Lipinski definition) is 2. The van der Waals surface area contributed by atoms with Crippen LogP contribution in [0.25, 0.3) is 0 Å². The number of carbonyl (C=O) groups excluding carboxylic acids is 1. The summed E-state index contributed by atoms with van der Waals surface area (Å²) in [5, 5.41) is 5.87. The van der Waals surface area contributed by atoms with Crippen molar-refractivity contribution in [1.29, 1.82) is 0 Å². The molecular weight excluding hydrogens is 318 g/mol. The van der Waals surface area contributed by atoms with E-state index in [1.165, 1.54) is 0 Å². The van der Waals surface area contributed by atoms with Gasteiger partial charge in [0.2, 0.25) is 0 Å². The number of carbonyl (C=O) groups is 1. The Morgan fingerprint density at radius 2 is 2.32 bits per heavy atom. The van der Waals surface area contributed by atoms with Gasteiger partial charge in [0.25, 0.3) is 6.43 Å². The van der Waals surface area contributed by atoms with Crippen molar-refractivity contribution in [3.8, 4) is 5.75 Å². The maximum atomic E-state index is 11.9. The molecule has 0 spiro atoms. The lowest BCUT2D eigenvalue weighted by Gasteiger charge is -2.27. The van der Waals surface area contributed by atoms with Crippen LogP contribution in [0.2, 0.25) is 5.02 Å². The molecule has 0 saturated carbocycles. The van der Waals surface area contributed by atoms with Crippen LogP contribution >= 0.6 is 11.6 Å². The predicted molar refractivity (Wildman–Crippen MR) is 77.7 cm³/mol. The molecule has 1 aliphatic heterocycles. The van der Waals surface area contributed by atoms with E-state index in [4.69, 9.17) is 16.3 Å². The van der Waals surface area contributed by atoms with Crippen LogP contribution in [-0.4, -0.2) is 38.8 Å². The van der Waals surface area contributed by atoms with E-state index in [-0.39, 0.29) is 19.2 Å². The van der Waals surface area contributed by atoms with Crippen LogP contribution in [0.3, 0.4) is 0 Å². The Kier molecular flexibility index (Phi) is 6.21. The first-order valence-electron chi connectivity index (χ1n) is 6.89. The topological polar surface area (TPSA) is 59.6 Å². The highest BCUT2D eigenvalue weighted by molar-refractivity contribution is 6.32. The van der Waals surface area contributed by atoms with Gasteiger partial charge in [0, 0.05) is 18.5 Å². The fourth-order valence-corrected chi connectivity index (χ4v) is 2.39. The lowest BCUT2D eigenvalue weighted by Crippen LogP contribution is -2.41. The molecule has 0 saturated heterocycles. The van der Waals surface area contributed by atoms with E-state index in [1.54, 1.807) is 12.1 Å². The van der Waals surface area contributed by atoms with E-state index >= 15 is 0 Å². The Hall–Kier alpha value is -1.60. The average Bonchev–Trinajstić information content (AvgIpc) is 2.48. The number of rotatable bonds is 6. The third kappa shape index (κ3) is 4.71. The van der Waals surface area contributed by atoms with Gasteiger partial charge in [-0.25, -0.2) is 13.6 Å². The molecule has 22 heavy (non-hydrogen) atoms. The third-order valence-corrected chi connectivity index (χ3v) is 3.40. The first-order valence-corrected chi connectivity index (χ1v) is 7.27. The second-order valence-corrected chi connectivity index (χ2v) is 5.12. The Labute approximate surface area is 131 Å². The van der Waals surface area contributed by atoms with Gasteiger partial charge >= 0.3 is 6.03 Å². The summed E-state index contributed by atoms with van der Waals surface area (Å²) >= 11 is 6.06. The lowest BCUT2D eigenvalue weighted by atomic mass is 10.0. The van der Waals surface area contributed by atoms with E-state index < -0.39 is 19.1 Å². The molecule has 5 nitrogen and oxygen atoms in total. The van der Waals surface area contributed by atoms with Gasteiger partial charge in [-0.15, -0.1) is 0 Å². The summed E-state index contributed by atoms with van der Waals surface area (Å²) in [6, 6.07) is 4.77. The van der Waals surface area contributed by atoms with E-state index in [0.717, 1.165) is 5.56 Å². The summed E-state index contributed by atoms with van der Waals surface area (Å²) in [7, 11) is 0. The van der Waals surface area contributed by atoms with Gasteiger partial charge in [-0.3, -0.25) is 0 Å². The summed E-state index contributed by atoms with van der Waals surface area (Å²) in [6.07, 6.45) is -1.87. The van der Waals surface area contributed by atoms with Crippen LogP contribution in [0.1, 0.15) is 18.0 Å². The molecule has 0 radical (unpaired) electrons. The largest absolute Gasteiger partial charge is 0.492 e. The predicted octanol–water partition coefficient (Wildman–Crippen LogP) is 2.74.